The van der Waals surface area contributed by atoms with Gasteiger partial charge in [-0.3, -0.25) is 9.59 Å². The second-order valence-corrected chi connectivity index (χ2v) is 5.09. The molecule has 1 aromatic carbocycles. The Morgan fingerprint density at radius 3 is 2.91 bits per heavy atom. The van der Waals surface area contributed by atoms with E-state index in [1.165, 1.54) is 7.11 Å². The Balaban J connectivity index is 2.06. The zero-order chi connectivity index (χ0) is 16.7. The molecule has 0 bridgehead atoms. The van der Waals surface area contributed by atoms with Crippen LogP contribution < -0.4 is 10.6 Å². The SMILES string of the molecule is COC(=O)CNC(=O)[C@H](CSN=O)Nc1nc2ccccc2o1. The maximum Gasteiger partial charge on any atom is 0.325 e. The van der Waals surface area contributed by atoms with Crippen LogP contribution in [0, 0.1) is 4.91 Å². The smallest absolute Gasteiger partial charge is 0.325 e. The van der Waals surface area contributed by atoms with Crippen LogP contribution in [0.15, 0.2) is 33.3 Å². The topological polar surface area (TPSA) is 123 Å². The van der Waals surface area contributed by atoms with Crippen molar-refractivity contribution < 1.29 is 18.7 Å². The first-order valence-corrected chi connectivity index (χ1v) is 7.49. The number of carbonyl (C=O) groups is 2. The van der Waals surface area contributed by atoms with E-state index in [9.17, 15) is 14.5 Å². The fraction of sp³-hybridized carbons (Fsp3) is 0.308. The van der Waals surface area contributed by atoms with Crippen molar-refractivity contribution in [2.45, 2.75) is 6.04 Å². The lowest BCUT2D eigenvalue weighted by Crippen LogP contribution is -2.43. The highest BCUT2D eigenvalue weighted by Gasteiger charge is 2.22. The number of aromatic nitrogens is 1. The van der Waals surface area contributed by atoms with Crippen molar-refractivity contribution in [1.82, 2.24) is 10.3 Å². The molecule has 0 aliphatic rings. The van der Waals surface area contributed by atoms with Crippen molar-refractivity contribution in [3.05, 3.63) is 29.2 Å². The summed E-state index contributed by atoms with van der Waals surface area (Å²) in [6.07, 6.45) is 0. The fourth-order valence-corrected chi connectivity index (χ4v) is 2.17. The number of methoxy groups -OCH3 is 1. The number of oxazole rings is 1. The summed E-state index contributed by atoms with van der Waals surface area (Å²) in [7, 11) is 1.22. The number of nitrogens with zero attached hydrogens (tertiary/aromatic N) is 2. The summed E-state index contributed by atoms with van der Waals surface area (Å²) >= 11 is 0.671. The van der Waals surface area contributed by atoms with Gasteiger partial charge < -0.3 is 19.8 Å². The number of hydrogen-bond donors (Lipinski definition) is 2. The summed E-state index contributed by atoms with van der Waals surface area (Å²) < 4.78 is 12.6. The highest BCUT2D eigenvalue weighted by atomic mass is 32.2. The van der Waals surface area contributed by atoms with Gasteiger partial charge in [-0.25, -0.2) is 0 Å². The van der Waals surface area contributed by atoms with Crippen molar-refractivity contribution in [3.63, 3.8) is 0 Å². The number of carbonyl (C=O) groups excluding carboxylic acids is 2. The standard InChI is InChI=1S/C13H14N4O5S/c1-21-11(18)6-14-12(19)9(7-23-17-20)16-13-15-8-4-2-3-5-10(8)22-13/h2-5,9H,6-7H2,1H3,(H,14,19)(H,15,16)/t9-/m0/s1. The van der Waals surface area contributed by atoms with E-state index in [0.717, 1.165) is 0 Å². The molecule has 0 saturated heterocycles. The van der Waals surface area contributed by atoms with E-state index in [2.05, 4.69) is 24.9 Å². The third-order valence-corrected chi connectivity index (χ3v) is 3.42. The van der Waals surface area contributed by atoms with E-state index >= 15 is 0 Å². The third-order valence-electron chi connectivity index (χ3n) is 2.84. The van der Waals surface area contributed by atoms with Gasteiger partial charge in [-0.2, -0.15) is 4.98 Å². The minimum atomic E-state index is -0.851. The van der Waals surface area contributed by atoms with Gasteiger partial charge in [0.2, 0.25) is 5.91 Å². The van der Waals surface area contributed by atoms with Crippen LogP contribution in [0.25, 0.3) is 11.1 Å². The summed E-state index contributed by atoms with van der Waals surface area (Å²) in [5.74, 6) is -1.04. The van der Waals surface area contributed by atoms with Crippen molar-refractivity contribution >= 4 is 40.9 Å². The van der Waals surface area contributed by atoms with Crippen molar-refractivity contribution in [2.24, 2.45) is 4.58 Å². The molecule has 9 nitrogen and oxygen atoms in total. The van der Waals surface area contributed by atoms with Gasteiger partial charge in [0.1, 0.15) is 18.1 Å². The molecule has 0 aliphatic carbocycles. The molecule has 1 atom stereocenters. The number of nitroso groups, excluding NO2 is 1. The number of para-hydroxylation sites is 2. The minimum absolute atomic E-state index is 0.0508. The van der Waals surface area contributed by atoms with E-state index in [0.29, 0.717) is 23.0 Å². The minimum Gasteiger partial charge on any atom is -0.468 e. The predicted molar refractivity (Wildman–Crippen MR) is 84.7 cm³/mol. The maximum absolute atomic E-state index is 12.1. The zero-order valence-electron chi connectivity index (χ0n) is 12.1. The van der Waals surface area contributed by atoms with Gasteiger partial charge in [0.25, 0.3) is 6.01 Å². The molecule has 0 unspecified atom stereocenters. The third kappa shape index (κ3) is 4.68. The van der Waals surface area contributed by atoms with Gasteiger partial charge in [-0.15, -0.1) is 4.91 Å². The number of amides is 1. The molecule has 1 aromatic heterocycles. The number of benzene rings is 1. The van der Waals surface area contributed by atoms with Crippen LogP contribution in [0.1, 0.15) is 0 Å². The highest BCUT2D eigenvalue weighted by molar-refractivity contribution is 7.97. The number of esters is 1. The molecular weight excluding hydrogens is 324 g/mol. The quantitative estimate of drug-likeness (QED) is 0.419. The highest BCUT2D eigenvalue weighted by Crippen LogP contribution is 2.19. The van der Waals surface area contributed by atoms with E-state index in [4.69, 9.17) is 4.42 Å². The molecule has 0 fully saturated rings. The fourth-order valence-electron chi connectivity index (χ4n) is 1.73. The van der Waals surface area contributed by atoms with Crippen molar-refractivity contribution in [3.8, 4) is 0 Å². The van der Waals surface area contributed by atoms with Crippen LogP contribution >= 0.6 is 11.9 Å². The van der Waals surface area contributed by atoms with E-state index in [-0.39, 0.29) is 18.3 Å². The Bertz CT molecular complexity index is 671. The molecule has 2 rings (SSSR count). The number of fused-ring (bicyclic) bond motifs is 1. The van der Waals surface area contributed by atoms with Crippen LogP contribution in [0.3, 0.4) is 0 Å². The van der Waals surface area contributed by atoms with Crippen LogP contribution in [0.2, 0.25) is 0 Å². The predicted octanol–water partition coefficient (Wildman–Crippen LogP) is 1.31. The molecule has 1 amide bonds. The van der Waals surface area contributed by atoms with Gasteiger partial charge >= 0.3 is 5.97 Å². The maximum atomic E-state index is 12.1. The molecule has 23 heavy (non-hydrogen) atoms. The van der Waals surface area contributed by atoms with Gasteiger partial charge in [-0.05, 0) is 12.1 Å². The molecule has 2 aromatic rings. The Morgan fingerprint density at radius 1 is 1.43 bits per heavy atom. The molecule has 1 heterocycles. The Labute approximate surface area is 135 Å². The zero-order valence-corrected chi connectivity index (χ0v) is 13.0. The first kappa shape index (κ1) is 16.7. The van der Waals surface area contributed by atoms with E-state index in [1.54, 1.807) is 24.3 Å². The summed E-state index contributed by atoms with van der Waals surface area (Å²) in [4.78, 5) is 37.6. The monoisotopic (exact) mass is 338 g/mol. The number of hydrogen-bond acceptors (Lipinski definition) is 9. The average Bonchev–Trinajstić information content (AvgIpc) is 2.98. The molecular formula is C13H14N4O5S. The summed E-state index contributed by atoms with van der Waals surface area (Å²) in [5, 5.41) is 5.18. The second kappa shape index (κ2) is 8.13. The Morgan fingerprint density at radius 2 is 2.22 bits per heavy atom. The summed E-state index contributed by atoms with van der Waals surface area (Å²) in [5.41, 5.74) is 1.19. The van der Waals surface area contributed by atoms with Crippen LogP contribution in [-0.2, 0) is 14.3 Å². The van der Waals surface area contributed by atoms with Crippen LogP contribution in [-0.4, -0.2) is 42.3 Å². The molecule has 0 aliphatic heterocycles. The van der Waals surface area contributed by atoms with Crippen LogP contribution in [0.5, 0.6) is 0 Å². The van der Waals surface area contributed by atoms with E-state index < -0.39 is 17.9 Å². The largest absolute Gasteiger partial charge is 0.468 e. The average molecular weight is 338 g/mol. The number of anilines is 1. The Kier molecular flexibility index (Phi) is 5.92. The molecule has 0 saturated carbocycles. The lowest BCUT2D eigenvalue weighted by molar-refractivity contribution is -0.141. The normalized spacial score (nSPS) is 11.7. The van der Waals surface area contributed by atoms with Gasteiger partial charge in [0.15, 0.2) is 5.58 Å². The van der Waals surface area contributed by atoms with Crippen LogP contribution in [0.4, 0.5) is 6.01 Å². The first-order chi connectivity index (χ1) is 11.1. The molecule has 0 radical (unpaired) electrons. The summed E-state index contributed by atoms with van der Waals surface area (Å²) in [6, 6.07) is 6.39. The molecule has 0 spiro atoms. The molecule has 122 valence electrons. The molecule has 2 N–H and O–H groups in total. The lowest BCUT2D eigenvalue weighted by atomic mass is 10.3. The van der Waals surface area contributed by atoms with Crippen molar-refractivity contribution in [2.75, 3.05) is 24.7 Å². The van der Waals surface area contributed by atoms with E-state index in [1.807, 2.05) is 0 Å². The summed E-state index contributed by atoms with van der Waals surface area (Å²) in [6.45, 7) is -0.278. The van der Waals surface area contributed by atoms with Crippen molar-refractivity contribution in [1.29, 1.82) is 0 Å². The number of ether oxygens (including phenoxy) is 1. The van der Waals surface area contributed by atoms with Gasteiger partial charge in [0.05, 0.1) is 7.11 Å². The molecule has 10 heteroatoms. The number of nitrogens with one attached hydrogen (secondary N) is 2. The second-order valence-electron chi connectivity index (χ2n) is 4.35. The number of rotatable bonds is 8. The van der Waals surface area contributed by atoms with Gasteiger partial charge in [0, 0.05) is 22.3 Å². The lowest BCUT2D eigenvalue weighted by Gasteiger charge is -2.14. The Hall–Kier alpha value is -2.62. The van der Waals surface area contributed by atoms with Gasteiger partial charge in [-0.1, -0.05) is 12.1 Å². The first-order valence-electron chi connectivity index (χ1n) is 6.55.